The first kappa shape index (κ1) is 24.3. The fourth-order valence-electron chi connectivity index (χ4n) is 5.24. The molecule has 3 aromatic carbocycles. The van der Waals surface area contributed by atoms with Crippen LogP contribution in [-0.4, -0.2) is 23.9 Å². The zero-order valence-electron chi connectivity index (χ0n) is 20.5. The number of hydrogen-bond acceptors (Lipinski definition) is 5. The molecule has 0 fully saturated rings. The SMILES string of the molecule is COc1cc([C@H]2C(C(=O)Nc3ccc(F)cc3)=C(C)NC3=C2C(=O)C[C@H](c2ccccc2)C3)ccc1O. The van der Waals surface area contributed by atoms with E-state index in [9.17, 15) is 19.1 Å². The highest BCUT2D eigenvalue weighted by Crippen LogP contribution is 2.46. The number of benzene rings is 3. The van der Waals surface area contributed by atoms with Crippen molar-refractivity contribution in [1.29, 1.82) is 0 Å². The quantitative estimate of drug-likeness (QED) is 0.430. The number of methoxy groups -OCH3 is 1. The van der Waals surface area contributed by atoms with Crippen LogP contribution in [0.5, 0.6) is 11.5 Å². The molecule has 2 aliphatic rings. The second-order valence-corrected chi connectivity index (χ2v) is 9.32. The summed E-state index contributed by atoms with van der Waals surface area (Å²) in [5.41, 5.74) is 4.51. The van der Waals surface area contributed by atoms with E-state index in [1.165, 1.54) is 37.4 Å². The van der Waals surface area contributed by atoms with Gasteiger partial charge in [-0.15, -0.1) is 0 Å². The molecule has 188 valence electrons. The van der Waals surface area contributed by atoms with Gasteiger partial charge in [0.15, 0.2) is 17.3 Å². The highest BCUT2D eigenvalue weighted by molar-refractivity contribution is 6.10. The summed E-state index contributed by atoms with van der Waals surface area (Å²) in [4.78, 5) is 27.3. The van der Waals surface area contributed by atoms with Gasteiger partial charge < -0.3 is 20.5 Å². The van der Waals surface area contributed by atoms with Crippen molar-refractivity contribution in [3.63, 3.8) is 0 Å². The number of anilines is 1. The number of amides is 1. The van der Waals surface area contributed by atoms with Crippen LogP contribution in [0.1, 0.15) is 42.7 Å². The number of allylic oxidation sites excluding steroid dienone is 3. The Labute approximate surface area is 214 Å². The first-order chi connectivity index (χ1) is 17.9. The Kier molecular flexibility index (Phi) is 6.53. The number of phenolic OH excluding ortho intramolecular Hbond substituents is 1. The number of Topliss-reactive ketones (excluding diaryl/α,β-unsaturated/α-hetero) is 1. The van der Waals surface area contributed by atoms with Crippen molar-refractivity contribution in [2.24, 2.45) is 0 Å². The lowest BCUT2D eigenvalue weighted by atomic mass is 9.71. The lowest BCUT2D eigenvalue weighted by molar-refractivity contribution is -0.116. The Morgan fingerprint density at radius 3 is 2.46 bits per heavy atom. The molecule has 0 saturated carbocycles. The first-order valence-electron chi connectivity index (χ1n) is 12.1. The van der Waals surface area contributed by atoms with Crippen molar-refractivity contribution in [1.82, 2.24) is 5.32 Å². The van der Waals surface area contributed by atoms with Gasteiger partial charge in [0.1, 0.15) is 5.82 Å². The lowest BCUT2D eigenvalue weighted by Gasteiger charge is -2.37. The zero-order valence-corrected chi connectivity index (χ0v) is 20.5. The van der Waals surface area contributed by atoms with Crippen molar-refractivity contribution in [3.8, 4) is 11.5 Å². The Morgan fingerprint density at radius 1 is 1.03 bits per heavy atom. The van der Waals surface area contributed by atoms with Gasteiger partial charge in [0.25, 0.3) is 5.91 Å². The molecule has 0 bridgehead atoms. The molecule has 0 aromatic heterocycles. The summed E-state index contributed by atoms with van der Waals surface area (Å²) < 4.78 is 18.7. The second-order valence-electron chi connectivity index (χ2n) is 9.32. The van der Waals surface area contributed by atoms with Crippen LogP contribution in [-0.2, 0) is 9.59 Å². The van der Waals surface area contributed by atoms with E-state index in [2.05, 4.69) is 10.6 Å². The van der Waals surface area contributed by atoms with Gasteiger partial charge >= 0.3 is 0 Å². The van der Waals surface area contributed by atoms with E-state index < -0.39 is 17.6 Å². The predicted molar refractivity (Wildman–Crippen MR) is 139 cm³/mol. The van der Waals surface area contributed by atoms with Gasteiger partial charge in [0.05, 0.1) is 7.11 Å². The van der Waals surface area contributed by atoms with E-state index in [1.54, 1.807) is 12.1 Å². The number of dihydropyridines is 1. The van der Waals surface area contributed by atoms with Crippen LogP contribution in [0.25, 0.3) is 0 Å². The van der Waals surface area contributed by atoms with Gasteiger partial charge in [-0.25, -0.2) is 4.39 Å². The number of ketones is 1. The van der Waals surface area contributed by atoms with Crippen molar-refractivity contribution in [2.75, 3.05) is 12.4 Å². The molecule has 1 heterocycles. The molecule has 0 spiro atoms. The Morgan fingerprint density at radius 2 is 1.76 bits per heavy atom. The highest BCUT2D eigenvalue weighted by Gasteiger charge is 2.41. The maximum atomic E-state index is 13.7. The normalized spacial score (nSPS) is 19.3. The molecule has 1 aliphatic heterocycles. The van der Waals surface area contributed by atoms with Crippen molar-refractivity contribution >= 4 is 17.4 Å². The lowest BCUT2D eigenvalue weighted by Crippen LogP contribution is -2.37. The molecule has 7 heteroatoms. The third kappa shape index (κ3) is 4.72. The fourth-order valence-corrected chi connectivity index (χ4v) is 5.24. The maximum Gasteiger partial charge on any atom is 0.254 e. The van der Waals surface area contributed by atoms with Crippen LogP contribution in [0.3, 0.4) is 0 Å². The number of ether oxygens (including phenoxy) is 1. The molecule has 37 heavy (non-hydrogen) atoms. The first-order valence-corrected chi connectivity index (χ1v) is 12.1. The molecule has 5 rings (SSSR count). The van der Waals surface area contributed by atoms with Crippen molar-refractivity contribution in [3.05, 3.63) is 112 Å². The number of nitrogens with one attached hydrogen (secondary N) is 2. The van der Waals surface area contributed by atoms with Crippen LogP contribution in [0.4, 0.5) is 10.1 Å². The Bertz CT molecular complexity index is 1430. The van der Waals surface area contributed by atoms with Crippen molar-refractivity contribution in [2.45, 2.75) is 31.6 Å². The Hall–Kier alpha value is -4.39. The number of carbonyl (C=O) groups is 2. The maximum absolute atomic E-state index is 13.7. The van der Waals surface area contributed by atoms with Crippen LogP contribution in [0.15, 0.2) is 95.3 Å². The predicted octanol–water partition coefficient (Wildman–Crippen LogP) is 5.54. The van der Waals surface area contributed by atoms with E-state index in [0.29, 0.717) is 40.9 Å². The summed E-state index contributed by atoms with van der Waals surface area (Å²) in [5.74, 6) is -1.28. The van der Waals surface area contributed by atoms with Gasteiger partial charge in [-0.05, 0) is 66.8 Å². The van der Waals surface area contributed by atoms with Crippen LogP contribution < -0.4 is 15.4 Å². The van der Waals surface area contributed by atoms with Gasteiger partial charge in [-0.2, -0.15) is 0 Å². The number of phenols is 1. The molecule has 0 radical (unpaired) electrons. The minimum absolute atomic E-state index is 0.0253. The molecular formula is C30H27FN2O4. The van der Waals surface area contributed by atoms with Crippen LogP contribution in [0.2, 0.25) is 0 Å². The molecule has 3 aromatic rings. The average Bonchev–Trinajstić information content (AvgIpc) is 2.90. The number of rotatable bonds is 5. The second kappa shape index (κ2) is 9.93. The summed E-state index contributed by atoms with van der Waals surface area (Å²) in [7, 11) is 1.45. The Balaban J connectivity index is 1.59. The number of halogens is 1. The molecule has 0 saturated heterocycles. The molecule has 0 unspecified atom stereocenters. The molecular weight excluding hydrogens is 471 g/mol. The summed E-state index contributed by atoms with van der Waals surface area (Å²) in [6.45, 7) is 1.81. The summed E-state index contributed by atoms with van der Waals surface area (Å²) in [6.07, 6.45) is 0.948. The number of hydrogen-bond donors (Lipinski definition) is 3. The minimum atomic E-state index is -0.671. The largest absolute Gasteiger partial charge is 0.504 e. The molecule has 1 amide bonds. The smallest absolute Gasteiger partial charge is 0.254 e. The van der Waals surface area contributed by atoms with Gasteiger partial charge in [-0.1, -0.05) is 36.4 Å². The van der Waals surface area contributed by atoms with Crippen LogP contribution >= 0.6 is 0 Å². The fraction of sp³-hybridized carbons (Fsp3) is 0.200. The monoisotopic (exact) mass is 498 g/mol. The topological polar surface area (TPSA) is 87.7 Å². The zero-order chi connectivity index (χ0) is 26.1. The molecule has 6 nitrogen and oxygen atoms in total. The van der Waals surface area contributed by atoms with Crippen LogP contribution in [0, 0.1) is 5.82 Å². The summed E-state index contributed by atoms with van der Waals surface area (Å²) in [6, 6.07) is 20.3. The molecule has 3 N–H and O–H groups in total. The number of aromatic hydroxyl groups is 1. The van der Waals surface area contributed by atoms with Crippen molar-refractivity contribution < 1.29 is 23.8 Å². The average molecular weight is 499 g/mol. The standard InChI is InChI=1S/C30H27FN2O4/c1-17-27(30(36)33-22-11-9-21(31)10-12-22)28(19-8-13-24(34)26(16-19)37-2)29-23(32-17)14-20(15-25(29)35)18-6-4-3-5-7-18/h3-13,16,20,28,32,34H,14-15H2,1-2H3,(H,33,36)/t20-,28+/m1/s1. The van der Waals surface area contributed by atoms with E-state index >= 15 is 0 Å². The van der Waals surface area contributed by atoms with E-state index in [1.807, 2.05) is 37.3 Å². The minimum Gasteiger partial charge on any atom is -0.504 e. The van der Waals surface area contributed by atoms with E-state index in [0.717, 1.165) is 11.3 Å². The van der Waals surface area contributed by atoms with E-state index in [-0.39, 0.29) is 23.2 Å². The number of carbonyl (C=O) groups excluding carboxylic acids is 2. The third-order valence-electron chi connectivity index (χ3n) is 6.98. The molecule has 2 atom stereocenters. The summed E-state index contributed by atoms with van der Waals surface area (Å²) >= 11 is 0. The summed E-state index contributed by atoms with van der Waals surface area (Å²) in [5, 5.41) is 16.4. The highest BCUT2D eigenvalue weighted by atomic mass is 19.1. The van der Waals surface area contributed by atoms with E-state index in [4.69, 9.17) is 4.74 Å². The molecule has 1 aliphatic carbocycles. The third-order valence-corrected chi connectivity index (χ3v) is 6.98. The van der Waals surface area contributed by atoms with Gasteiger partial charge in [-0.3, -0.25) is 9.59 Å². The van der Waals surface area contributed by atoms with Gasteiger partial charge in [0.2, 0.25) is 0 Å². The van der Waals surface area contributed by atoms with Gasteiger partial charge in [0, 0.05) is 40.6 Å².